The third-order valence-corrected chi connectivity index (χ3v) is 19.6. The van der Waals surface area contributed by atoms with Gasteiger partial charge in [-0.05, 0) is 150 Å². The molecule has 0 fully saturated rings. The number of hydrogen-bond donors (Lipinski definition) is 0. The zero-order chi connectivity index (χ0) is 65.1. The molecule has 9 aromatic heterocycles. The molecule has 0 N–H and O–H groups in total. The van der Waals surface area contributed by atoms with Gasteiger partial charge in [0.05, 0.1) is 84.3 Å². The molecule has 12 aromatic carbocycles. The molecule has 11 nitrogen and oxygen atoms in total. The molecule has 0 saturated heterocycles. The van der Waals surface area contributed by atoms with E-state index in [1.807, 2.05) is 61.3 Å². The first kappa shape index (κ1) is 55.8. The standard InChI is InChI=1S/C45H28N6.C43H27N5/c1-3-11-31(12-4-1)49-40-21-19-30(26-36(40)37-27-47-38-16-8-7-15-34(38)44(37)49)29-20-22-41-35(25-29)33-23-24-46-28-43(33)51(41)45-48-39-17-9-10-18-42(39)50(45)32-13-5-2-6-14-32;1-3-11-28(12-4-1)42-34-16-7-9-17-37(34)45-43(46-42)48-38-18-10-8-15-32(38)35-25-30(20-22-40(35)48)29-19-21-39-36(26-29)33-23-24-44-27-41(33)47(39)31-13-5-2-6-14-31/h1-28H;1-27H. The number of pyridine rings is 3. The molecule has 21 aromatic rings. The minimum Gasteiger partial charge on any atom is -0.309 e. The zero-order valence-corrected chi connectivity index (χ0v) is 53.2. The van der Waals surface area contributed by atoms with Crippen molar-refractivity contribution < 1.29 is 0 Å². The van der Waals surface area contributed by atoms with Gasteiger partial charge in [0.2, 0.25) is 11.9 Å². The number of benzene rings is 12. The van der Waals surface area contributed by atoms with E-state index in [2.05, 4.69) is 306 Å². The van der Waals surface area contributed by atoms with Crippen molar-refractivity contribution in [1.82, 2.24) is 52.7 Å². The lowest BCUT2D eigenvalue weighted by Gasteiger charge is -2.12. The van der Waals surface area contributed by atoms with Crippen molar-refractivity contribution in [2.75, 3.05) is 0 Å². The fourth-order valence-electron chi connectivity index (χ4n) is 15.2. The average molecular weight is 1270 g/mol. The second-order valence-corrected chi connectivity index (χ2v) is 25.1. The first-order valence-corrected chi connectivity index (χ1v) is 33.2. The fraction of sp³-hybridized carbons (Fsp3) is 0. The molecule has 0 aliphatic rings. The Morgan fingerprint density at radius 3 is 1.25 bits per heavy atom. The summed E-state index contributed by atoms with van der Waals surface area (Å²) in [6, 6.07) is 107. The minimum atomic E-state index is 0.662. The van der Waals surface area contributed by atoms with E-state index in [1.165, 1.54) is 32.6 Å². The number of nitrogens with zero attached hydrogens (tertiary/aromatic N) is 11. The van der Waals surface area contributed by atoms with E-state index < -0.39 is 0 Å². The molecular weight excluding hydrogens is 1210 g/mol. The summed E-state index contributed by atoms with van der Waals surface area (Å²) in [6.45, 7) is 0. The van der Waals surface area contributed by atoms with Crippen LogP contribution in [0.3, 0.4) is 0 Å². The lowest BCUT2D eigenvalue weighted by Crippen LogP contribution is -2.05. The Balaban J connectivity index is 0.000000134. The van der Waals surface area contributed by atoms with Crippen LogP contribution >= 0.6 is 0 Å². The van der Waals surface area contributed by atoms with Crippen LogP contribution in [0.25, 0.3) is 183 Å². The van der Waals surface area contributed by atoms with Crippen molar-refractivity contribution in [2.45, 2.75) is 0 Å². The Morgan fingerprint density at radius 1 is 0.222 bits per heavy atom. The summed E-state index contributed by atoms with van der Waals surface area (Å²) in [5.41, 5.74) is 22.6. The maximum absolute atomic E-state index is 5.23. The topological polar surface area (TPSA) is 102 Å². The van der Waals surface area contributed by atoms with Gasteiger partial charge in [0, 0.05) is 95.1 Å². The molecule has 0 amide bonds. The van der Waals surface area contributed by atoms with Gasteiger partial charge in [-0.25, -0.2) is 15.0 Å². The maximum atomic E-state index is 5.23. The van der Waals surface area contributed by atoms with E-state index in [9.17, 15) is 0 Å². The number of para-hydroxylation sites is 8. The van der Waals surface area contributed by atoms with Gasteiger partial charge in [0.25, 0.3) is 0 Å². The van der Waals surface area contributed by atoms with Crippen molar-refractivity contribution in [3.63, 3.8) is 0 Å². The van der Waals surface area contributed by atoms with Gasteiger partial charge in [-0.2, -0.15) is 0 Å². The molecule has 0 saturated carbocycles. The quantitative estimate of drug-likeness (QED) is 0.150. The Hall–Kier alpha value is -13.6. The molecule has 0 radical (unpaired) electrons. The van der Waals surface area contributed by atoms with Crippen molar-refractivity contribution in [1.29, 1.82) is 0 Å². The molecule has 21 rings (SSSR count). The second kappa shape index (κ2) is 22.5. The van der Waals surface area contributed by atoms with Crippen molar-refractivity contribution in [2.24, 2.45) is 0 Å². The lowest BCUT2D eigenvalue weighted by molar-refractivity contribution is 0.954. The van der Waals surface area contributed by atoms with Crippen LogP contribution in [0, 0.1) is 0 Å². The molecule has 9 heterocycles. The van der Waals surface area contributed by atoms with Gasteiger partial charge < -0.3 is 9.13 Å². The molecule has 0 aliphatic heterocycles. The molecule has 0 spiro atoms. The van der Waals surface area contributed by atoms with E-state index in [0.717, 1.165) is 144 Å². The van der Waals surface area contributed by atoms with Crippen LogP contribution in [0.5, 0.6) is 0 Å². The van der Waals surface area contributed by atoms with Gasteiger partial charge >= 0.3 is 0 Å². The summed E-state index contributed by atoms with van der Waals surface area (Å²) in [5.74, 6) is 1.49. The average Bonchev–Trinajstić information content (AvgIpc) is 1.61. The highest BCUT2D eigenvalue weighted by Crippen LogP contribution is 2.43. The first-order valence-electron chi connectivity index (χ1n) is 33.2. The number of hydrogen-bond acceptors (Lipinski definition) is 6. The maximum Gasteiger partial charge on any atom is 0.235 e. The number of imidazole rings is 1. The zero-order valence-electron chi connectivity index (χ0n) is 53.2. The van der Waals surface area contributed by atoms with Crippen LogP contribution < -0.4 is 0 Å². The van der Waals surface area contributed by atoms with Crippen LogP contribution in [0.4, 0.5) is 0 Å². The summed E-state index contributed by atoms with van der Waals surface area (Å²) < 4.78 is 11.4. The van der Waals surface area contributed by atoms with Crippen LogP contribution in [0.1, 0.15) is 0 Å². The van der Waals surface area contributed by atoms with Gasteiger partial charge in [-0.3, -0.25) is 28.7 Å². The Kier molecular flexibility index (Phi) is 12.7. The normalized spacial score (nSPS) is 11.8. The summed E-state index contributed by atoms with van der Waals surface area (Å²) >= 11 is 0. The van der Waals surface area contributed by atoms with Crippen molar-refractivity contribution in [3.8, 4) is 62.5 Å². The minimum absolute atomic E-state index is 0.662. The molecule has 0 atom stereocenters. The summed E-state index contributed by atoms with van der Waals surface area (Å²) in [7, 11) is 0. The monoisotopic (exact) mass is 1270 g/mol. The third-order valence-electron chi connectivity index (χ3n) is 19.6. The molecular formula is C88H55N11. The fourth-order valence-corrected chi connectivity index (χ4v) is 15.2. The number of rotatable bonds is 8. The van der Waals surface area contributed by atoms with Crippen LogP contribution in [-0.4, -0.2) is 52.7 Å². The summed E-state index contributed by atoms with van der Waals surface area (Å²) in [6.07, 6.45) is 9.70. The lowest BCUT2D eigenvalue weighted by atomic mass is 10.0. The SMILES string of the molecule is c1ccc(-c2nc(-n3c4ccccc4c4cc(-c5ccc6c(c5)c5ccncc5n6-c5ccccc5)ccc43)nc3ccccc23)cc1.c1ccc(-n2c(-n3c4ccc(-c5ccc6c(c5)c5cnc7ccccc7c5n6-c5ccccc5)cc4c4ccncc43)nc3ccccc32)cc1. The summed E-state index contributed by atoms with van der Waals surface area (Å²) in [5, 5.41) is 11.5. The highest BCUT2D eigenvalue weighted by atomic mass is 15.3. The molecule has 0 aliphatic carbocycles. The molecule has 11 heteroatoms. The predicted octanol–water partition coefficient (Wildman–Crippen LogP) is 21.4. The molecule has 99 heavy (non-hydrogen) atoms. The van der Waals surface area contributed by atoms with Crippen LogP contribution in [0.15, 0.2) is 334 Å². The van der Waals surface area contributed by atoms with Gasteiger partial charge in [-0.1, -0.05) is 176 Å². The van der Waals surface area contributed by atoms with E-state index in [4.69, 9.17) is 19.9 Å². The summed E-state index contributed by atoms with van der Waals surface area (Å²) in [4.78, 5) is 29.5. The van der Waals surface area contributed by atoms with E-state index in [-0.39, 0.29) is 0 Å². The van der Waals surface area contributed by atoms with E-state index >= 15 is 0 Å². The Bertz CT molecular complexity index is 6780. The molecule has 0 bridgehead atoms. The third kappa shape index (κ3) is 8.91. The Labute approximate surface area is 566 Å². The highest BCUT2D eigenvalue weighted by Gasteiger charge is 2.24. The van der Waals surface area contributed by atoms with E-state index in [0.29, 0.717) is 5.95 Å². The van der Waals surface area contributed by atoms with Gasteiger partial charge in [0.1, 0.15) is 0 Å². The number of fused-ring (bicyclic) bond motifs is 16. The van der Waals surface area contributed by atoms with E-state index in [1.54, 1.807) is 0 Å². The predicted molar refractivity (Wildman–Crippen MR) is 405 cm³/mol. The van der Waals surface area contributed by atoms with Gasteiger partial charge in [0.15, 0.2) is 0 Å². The van der Waals surface area contributed by atoms with Crippen molar-refractivity contribution in [3.05, 3.63) is 334 Å². The van der Waals surface area contributed by atoms with Crippen molar-refractivity contribution >= 4 is 120 Å². The number of aromatic nitrogens is 11. The van der Waals surface area contributed by atoms with Crippen LogP contribution in [-0.2, 0) is 0 Å². The van der Waals surface area contributed by atoms with Gasteiger partial charge in [-0.15, -0.1) is 0 Å². The largest absolute Gasteiger partial charge is 0.309 e. The second-order valence-electron chi connectivity index (χ2n) is 25.1. The van der Waals surface area contributed by atoms with Crippen LogP contribution in [0.2, 0.25) is 0 Å². The molecule has 462 valence electrons. The Morgan fingerprint density at radius 2 is 0.646 bits per heavy atom. The molecule has 0 unspecified atom stereocenters. The first-order chi connectivity index (χ1) is 49.1. The smallest absolute Gasteiger partial charge is 0.235 e. The highest BCUT2D eigenvalue weighted by molar-refractivity contribution is 6.19.